The molecule has 0 amide bonds. The van der Waals surface area contributed by atoms with Gasteiger partial charge < -0.3 is 4.57 Å². The van der Waals surface area contributed by atoms with Crippen molar-refractivity contribution in [1.29, 1.82) is 0 Å². The van der Waals surface area contributed by atoms with E-state index in [4.69, 9.17) is 0 Å². The van der Waals surface area contributed by atoms with Gasteiger partial charge in [0.25, 0.3) is 0 Å². The second-order valence-corrected chi connectivity index (χ2v) is 14.6. The standard InChI is InChI=1S/C52H35N/c1-32-29-48(33(2)28-44(32)50-42-22-12-10-20-40(42)49(35-15-4-3-5-16-35)41-21-11-13-23-43(41)50)53-46-26-24-34-14-8-9-19-39(34)51(46)52-45-31-37-18-7-6-17-36(37)30-38(45)25-27-47(52)53/h3-31H,1-2H3. The smallest absolute Gasteiger partial charge is 0.0547 e. The van der Waals surface area contributed by atoms with Crippen LogP contribution in [0, 0.1) is 13.8 Å². The maximum atomic E-state index is 2.52. The first-order valence-electron chi connectivity index (χ1n) is 18.5. The molecule has 0 saturated heterocycles. The maximum absolute atomic E-state index is 2.52. The van der Waals surface area contributed by atoms with E-state index in [1.54, 1.807) is 0 Å². The number of nitrogens with zero attached hydrogens (tertiary/aromatic N) is 1. The second kappa shape index (κ2) is 11.4. The first kappa shape index (κ1) is 30.0. The van der Waals surface area contributed by atoms with Crippen molar-refractivity contribution in [1.82, 2.24) is 4.57 Å². The summed E-state index contributed by atoms with van der Waals surface area (Å²) in [6.45, 7) is 4.58. The van der Waals surface area contributed by atoms with E-state index in [2.05, 4.69) is 194 Å². The molecular formula is C52H35N. The molecule has 0 aliphatic carbocycles. The zero-order chi connectivity index (χ0) is 35.2. The van der Waals surface area contributed by atoms with Gasteiger partial charge in [-0.1, -0.05) is 140 Å². The van der Waals surface area contributed by atoms with Crippen molar-refractivity contribution in [2.75, 3.05) is 0 Å². The van der Waals surface area contributed by atoms with Gasteiger partial charge in [0, 0.05) is 16.5 Å². The highest BCUT2D eigenvalue weighted by molar-refractivity contribution is 6.29. The lowest BCUT2D eigenvalue weighted by Gasteiger charge is -2.21. The normalized spacial score (nSPS) is 12.0. The molecule has 10 aromatic carbocycles. The summed E-state index contributed by atoms with van der Waals surface area (Å²) >= 11 is 0. The van der Waals surface area contributed by atoms with Crippen molar-refractivity contribution in [3.05, 3.63) is 187 Å². The molecule has 0 fully saturated rings. The Labute approximate surface area is 308 Å². The van der Waals surface area contributed by atoms with Gasteiger partial charge >= 0.3 is 0 Å². The Bertz CT molecular complexity index is 3230. The molecule has 0 bridgehead atoms. The van der Waals surface area contributed by atoms with Gasteiger partial charge in [-0.25, -0.2) is 0 Å². The molecule has 11 rings (SSSR count). The molecule has 53 heavy (non-hydrogen) atoms. The summed E-state index contributed by atoms with van der Waals surface area (Å²) in [5, 5.41) is 15.4. The maximum Gasteiger partial charge on any atom is 0.0547 e. The Morgan fingerprint density at radius 1 is 0.340 bits per heavy atom. The molecular weight excluding hydrogens is 639 g/mol. The van der Waals surface area contributed by atoms with E-state index in [1.807, 2.05) is 0 Å². The minimum Gasteiger partial charge on any atom is -0.309 e. The lowest BCUT2D eigenvalue weighted by atomic mass is 9.84. The van der Waals surface area contributed by atoms with Crippen LogP contribution in [0.4, 0.5) is 0 Å². The Kier molecular flexibility index (Phi) is 6.45. The lowest BCUT2D eigenvalue weighted by molar-refractivity contribution is 1.14. The fourth-order valence-electron chi connectivity index (χ4n) is 9.20. The van der Waals surface area contributed by atoms with Crippen LogP contribution in [0.3, 0.4) is 0 Å². The SMILES string of the molecule is Cc1cc(-n2c3ccc4ccccc4c3c3c4cc5ccccc5cc4ccc32)c(C)cc1-c1c2ccccc2c(-c2ccccc2)c2ccccc12. The van der Waals surface area contributed by atoms with Crippen molar-refractivity contribution in [2.45, 2.75) is 13.8 Å². The number of hydrogen-bond donors (Lipinski definition) is 0. The number of aromatic nitrogens is 1. The van der Waals surface area contributed by atoms with E-state index in [9.17, 15) is 0 Å². The molecule has 0 spiro atoms. The summed E-state index contributed by atoms with van der Waals surface area (Å²) in [4.78, 5) is 0. The topological polar surface area (TPSA) is 4.93 Å². The first-order valence-corrected chi connectivity index (χ1v) is 18.5. The van der Waals surface area contributed by atoms with Crippen LogP contribution in [0.25, 0.3) is 104 Å². The average Bonchev–Trinajstić information content (AvgIpc) is 3.55. The summed E-state index contributed by atoms with van der Waals surface area (Å²) in [5.74, 6) is 0. The van der Waals surface area contributed by atoms with Gasteiger partial charge in [-0.05, 0) is 137 Å². The molecule has 0 atom stereocenters. The molecule has 1 heteroatoms. The summed E-state index contributed by atoms with van der Waals surface area (Å²) in [7, 11) is 0. The van der Waals surface area contributed by atoms with Crippen LogP contribution in [0.15, 0.2) is 176 Å². The van der Waals surface area contributed by atoms with Crippen molar-refractivity contribution in [3.8, 4) is 27.9 Å². The van der Waals surface area contributed by atoms with Crippen molar-refractivity contribution >= 4 is 75.7 Å². The van der Waals surface area contributed by atoms with Gasteiger partial charge in [-0.3, -0.25) is 0 Å². The highest BCUT2D eigenvalue weighted by atomic mass is 15.0. The van der Waals surface area contributed by atoms with Crippen molar-refractivity contribution in [3.63, 3.8) is 0 Å². The second-order valence-electron chi connectivity index (χ2n) is 14.6. The largest absolute Gasteiger partial charge is 0.309 e. The van der Waals surface area contributed by atoms with E-state index in [1.165, 1.54) is 115 Å². The molecule has 0 radical (unpaired) electrons. The number of fused-ring (bicyclic) bond motifs is 10. The van der Waals surface area contributed by atoms with Gasteiger partial charge in [-0.2, -0.15) is 0 Å². The third kappa shape index (κ3) is 4.38. The molecule has 0 saturated carbocycles. The third-order valence-corrected chi connectivity index (χ3v) is 11.6. The van der Waals surface area contributed by atoms with Crippen LogP contribution in [-0.2, 0) is 0 Å². The molecule has 1 heterocycles. The number of benzene rings is 10. The Balaban J connectivity index is 1.22. The van der Waals surface area contributed by atoms with Gasteiger partial charge in [0.05, 0.1) is 11.0 Å². The quantitative estimate of drug-likeness (QED) is 0.165. The van der Waals surface area contributed by atoms with Gasteiger partial charge in [0.2, 0.25) is 0 Å². The van der Waals surface area contributed by atoms with Crippen LogP contribution in [0.2, 0.25) is 0 Å². The summed E-state index contributed by atoms with van der Waals surface area (Å²) in [6, 6.07) is 65.2. The van der Waals surface area contributed by atoms with Crippen molar-refractivity contribution in [2.24, 2.45) is 0 Å². The average molecular weight is 674 g/mol. The van der Waals surface area contributed by atoms with Crippen LogP contribution >= 0.6 is 0 Å². The molecule has 1 nitrogen and oxygen atoms in total. The Morgan fingerprint density at radius 2 is 0.849 bits per heavy atom. The molecule has 0 aliphatic rings. The predicted molar refractivity (Wildman–Crippen MR) is 229 cm³/mol. The third-order valence-electron chi connectivity index (χ3n) is 11.6. The zero-order valence-electron chi connectivity index (χ0n) is 29.7. The minimum absolute atomic E-state index is 1.22. The molecule has 0 unspecified atom stereocenters. The molecule has 0 aliphatic heterocycles. The zero-order valence-corrected chi connectivity index (χ0v) is 29.7. The van der Waals surface area contributed by atoms with E-state index in [-0.39, 0.29) is 0 Å². The fraction of sp³-hybridized carbons (Fsp3) is 0.0385. The predicted octanol–water partition coefficient (Wildman–Crippen LogP) is 14.5. The highest BCUT2D eigenvalue weighted by Gasteiger charge is 2.22. The minimum atomic E-state index is 1.22. The number of aryl methyl sites for hydroxylation is 2. The van der Waals surface area contributed by atoms with E-state index in [0.717, 1.165) is 0 Å². The lowest BCUT2D eigenvalue weighted by Crippen LogP contribution is -2.00. The monoisotopic (exact) mass is 673 g/mol. The molecule has 11 aromatic rings. The molecule has 248 valence electrons. The van der Waals surface area contributed by atoms with Crippen LogP contribution in [0.5, 0.6) is 0 Å². The highest BCUT2D eigenvalue weighted by Crippen LogP contribution is 2.46. The van der Waals surface area contributed by atoms with E-state index >= 15 is 0 Å². The summed E-state index contributed by atoms with van der Waals surface area (Å²) < 4.78 is 2.52. The summed E-state index contributed by atoms with van der Waals surface area (Å²) in [6.07, 6.45) is 0. The van der Waals surface area contributed by atoms with E-state index < -0.39 is 0 Å². The molecule has 0 N–H and O–H groups in total. The Hall–Kier alpha value is -6.70. The van der Waals surface area contributed by atoms with Crippen LogP contribution in [0.1, 0.15) is 11.1 Å². The first-order chi connectivity index (χ1) is 26.1. The number of hydrogen-bond acceptors (Lipinski definition) is 0. The van der Waals surface area contributed by atoms with Crippen molar-refractivity contribution < 1.29 is 0 Å². The van der Waals surface area contributed by atoms with Gasteiger partial charge in [-0.15, -0.1) is 0 Å². The summed E-state index contributed by atoms with van der Waals surface area (Å²) in [5.41, 5.74) is 11.3. The van der Waals surface area contributed by atoms with E-state index in [0.29, 0.717) is 0 Å². The van der Waals surface area contributed by atoms with Gasteiger partial charge in [0.1, 0.15) is 0 Å². The molecule has 1 aromatic heterocycles. The Morgan fingerprint density at radius 3 is 1.51 bits per heavy atom. The van der Waals surface area contributed by atoms with Crippen LogP contribution < -0.4 is 0 Å². The van der Waals surface area contributed by atoms with Gasteiger partial charge in [0.15, 0.2) is 0 Å². The number of rotatable bonds is 3. The van der Waals surface area contributed by atoms with Crippen LogP contribution in [-0.4, -0.2) is 4.57 Å². The fourth-order valence-corrected chi connectivity index (χ4v) is 9.20.